The molecule has 3 N–H and O–H groups in total. The Morgan fingerprint density at radius 1 is 1.04 bits per heavy atom. The van der Waals surface area contributed by atoms with E-state index in [1.807, 2.05) is 12.1 Å². The quantitative estimate of drug-likeness (QED) is 0.535. The van der Waals surface area contributed by atoms with Crippen LogP contribution >= 0.6 is 0 Å². The summed E-state index contributed by atoms with van der Waals surface area (Å²) >= 11 is 0. The van der Waals surface area contributed by atoms with E-state index >= 15 is 0 Å². The van der Waals surface area contributed by atoms with E-state index in [1.54, 1.807) is 14.2 Å². The maximum Gasteiger partial charge on any atom is 0.225 e. The van der Waals surface area contributed by atoms with Gasteiger partial charge in [-0.1, -0.05) is 26.2 Å². The molecule has 154 valence electrons. The Labute approximate surface area is 167 Å². The number of methoxy groups -OCH3 is 2. The van der Waals surface area contributed by atoms with Gasteiger partial charge in [0.15, 0.2) is 11.5 Å². The molecule has 2 aromatic rings. The third-order valence-electron chi connectivity index (χ3n) is 5.19. The summed E-state index contributed by atoms with van der Waals surface area (Å²) in [6.45, 7) is 5.16. The lowest BCUT2D eigenvalue weighted by molar-refractivity contribution is 0.356. The van der Waals surface area contributed by atoms with Crippen LogP contribution in [0.2, 0.25) is 0 Å². The highest BCUT2D eigenvalue weighted by Crippen LogP contribution is 2.35. The number of fused-ring (bicyclic) bond motifs is 1. The van der Waals surface area contributed by atoms with Crippen LogP contribution in [0.4, 0.5) is 11.8 Å². The molecule has 1 saturated heterocycles. The summed E-state index contributed by atoms with van der Waals surface area (Å²) in [5, 5.41) is 11.4. The Kier molecular flexibility index (Phi) is 7.54. The zero-order chi connectivity index (χ0) is 19.8. The maximum absolute atomic E-state index is 5.49. The molecular weight excluding hydrogens is 354 g/mol. The lowest BCUT2D eigenvalue weighted by Crippen LogP contribution is -2.35. The van der Waals surface area contributed by atoms with Crippen molar-refractivity contribution in [2.45, 2.75) is 51.5 Å². The predicted molar refractivity (Wildman–Crippen MR) is 115 cm³/mol. The topological polar surface area (TPSA) is 80.3 Å². The molecule has 1 aliphatic rings. The van der Waals surface area contributed by atoms with Gasteiger partial charge in [0.1, 0.15) is 5.82 Å². The Bertz CT molecular complexity index is 762. The van der Waals surface area contributed by atoms with E-state index < -0.39 is 0 Å². The van der Waals surface area contributed by atoms with Gasteiger partial charge in [-0.25, -0.2) is 4.98 Å². The van der Waals surface area contributed by atoms with Gasteiger partial charge in [-0.2, -0.15) is 4.98 Å². The molecule has 1 fully saturated rings. The molecule has 7 heteroatoms. The molecule has 0 atom stereocenters. The Hall–Kier alpha value is -2.28. The molecule has 1 aliphatic heterocycles. The van der Waals surface area contributed by atoms with Crippen LogP contribution in [0.5, 0.6) is 11.5 Å². The van der Waals surface area contributed by atoms with Crippen molar-refractivity contribution in [3.8, 4) is 11.5 Å². The van der Waals surface area contributed by atoms with Crippen LogP contribution in [0.15, 0.2) is 12.1 Å². The largest absolute Gasteiger partial charge is 0.493 e. The monoisotopic (exact) mass is 387 g/mol. The first-order valence-electron chi connectivity index (χ1n) is 10.4. The number of ether oxygens (including phenoxy) is 2. The van der Waals surface area contributed by atoms with E-state index in [4.69, 9.17) is 19.4 Å². The number of nitrogens with zero attached hydrogens (tertiary/aromatic N) is 2. The minimum atomic E-state index is 0.407. The standard InChI is InChI=1S/C21H33N5O2/c1-4-5-6-7-10-23-21-25-17-14-19(28-3)18(27-2)13-16(17)20(26-21)24-15-8-11-22-12-9-15/h13-15,22H,4-12H2,1-3H3,(H2,23,24,25,26). The second kappa shape index (κ2) is 10.3. The van der Waals surface area contributed by atoms with Gasteiger partial charge in [0.2, 0.25) is 5.95 Å². The van der Waals surface area contributed by atoms with E-state index in [9.17, 15) is 0 Å². The van der Waals surface area contributed by atoms with Gasteiger partial charge in [0.25, 0.3) is 0 Å². The van der Waals surface area contributed by atoms with E-state index in [0.29, 0.717) is 23.5 Å². The zero-order valence-corrected chi connectivity index (χ0v) is 17.3. The first-order valence-corrected chi connectivity index (χ1v) is 10.4. The molecule has 0 amide bonds. The number of benzene rings is 1. The lowest BCUT2D eigenvalue weighted by atomic mass is 10.1. The lowest BCUT2D eigenvalue weighted by Gasteiger charge is -2.25. The zero-order valence-electron chi connectivity index (χ0n) is 17.3. The van der Waals surface area contributed by atoms with E-state index in [0.717, 1.165) is 55.6 Å². The number of aromatic nitrogens is 2. The Balaban J connectivity index is 1.88. The highest BCUT2D eigenvalue weighted by atomic mass is 16.5. The SMILES string of the molecule is CCCCCCNc1nc(NC2CCNCC2)c2cc(OC)c(OC)cc2n1. The van der Waals surface area contributed by atoms with Crippen LogP contribution in [-0.2, 0) is 0 Å². The second-order valence-corrected chi connectivity index (χ2v) is 7.28. The van der Waals surface area contributed by atoms with Crippen molar-refractivity contribution < 1.29 is 9.47 Å². The molecule has 7 nitrogen and oxygen atoms in total. The summed E-state index contributed by atoms with van der Waals surface area (Å²) in [5.41, 5.74) is 0.847. The number of hydrogen-bond acceptors (Lipinski definition) is 7. The highest BCUT2D eigenvalue weighted by Gasteiger charge is 2.18. The third kappa shape index (κ3) is 5.16. The van der Waals surface area contributed by atoms with E-state index in [1.165, 1.54) is 19.3 Å². The van der Waals surface area contributed by atoms with Gasteiger partial charge in [-0.3, -0.25) is 0 Å². The maximum atomic E-state index is 5.49. The number of unbranched alkanes of at least 4 members (excludes halogenated alkanes) is 3. The van der Waals surface area contributed by atoms with Crippen molar-refractivity contribution in [1.29, 1.82) is 0 Å². The van der Waals surface area contributed by atoms with Crippen molar-refractivity contribution in [2.75, 3.05) is 44.5 Å². The first-order chi connectivity index (χ1) is 13.7. The molecule has 0 aliphatic carbocycles. The van der Waals surface area contributed by atoms with Crippen LogP contribution < -0.4 is 25.4 Å². The fraction of sp³-hybridized carbons (Fsp3) is 0.619. The molecule has 2 heterocycles. The van der Waals surface area contributed by atoms with Crippen LogP contribution in [-0.4, -0.2) is 49.9 Å². The minimum absolute atomic E-state index is 0.407. The highest BCUT2D eigenvalue weighted by molar-refractivity contribution is 5.92. The summed E-state index contributed by atoms with van der Waals surface area (Å²) in [4.78, 5) is 9.51. The summed E-state index contributed by atoms with van der Waals surface area (Å²) in [5.74, 6) is 2.88. The summed E-state index contributed by atoms with van der Waals surface area (Å²) in [6.07, 6.45) is 7.01. The summed E-state index contributed by atoms with van der Waals surface area (Å²) in [6, 6.07) is 4.29. The van der Waals surface area contributed by atoms with Crippen LogP contribution in [0.3, 0.4) is 0 Å². The number of piperidine rings is 1. The average molecular weight is 388 g/mol. The van der Waals surface area contributed by atoms with E-state index in [2.05, 4.69) is 22.9 Å². The van der Waals surface area contributed by atoms with Gasteiger partial charge >= 0.3 is 0 Å². The molecular formula is C21H33N5O2. The number of hydrogen-bond donors (Lipinski definition) is 3. The fourth-order valence-corrected chi connectivity index (χ4v) is 3.56. The molecule has 0 unspecified atom stereocenters. The van der Waals surface area contributed by atoms with Gasteiger partial charge in [0.05, 0.1) is 19.7 Å². The van der Waals surface area contributed by atoms with Gasteiger partial charge in [-0.15, -0.1) is 0 Å². The molecule has 0 bridgehead atoms. The smallest absolute Gasteiger partial charge is 0.225 e. The van der Waals surface area contributed by atoms with Crippen molar-refractivity contribution in [1.82, 2.24) is 15.3 Å². The summed E-state index contributed by atoms with van der Waals surface area (Å²) < 4.78 is 11.0. The second-order valence-electron chi connectivity index (χ2n) is 7.28. The molecule has 3 rings (SSSR count). The Morgan fingerprint density at radius 3 is 2.50 bits per heavy atom. The van der Waals surface area contributed by atoms with Crippen LogP contribution in [0, 0.1) is 0 Å². The van der Waals surface area contributed by atoms with Gasteiger partial charge < -0.3 is 25.4 Å². The minimum Gasteiger partial charge on any atom is -0.493 e. The third-order valence-corrected chi connectivity index (χ3v) is 5.19. The van der Waals surface area contributed by atoms with Crippen LogP contribution in [0.25, 0.3) is 10.9 Å². The van der Waals surface area contributed by atoms with Crippen molar-refractivity contribution in [3.05, 3.63) is 12.1 Å². The summed E-state index contributed by atoms with van der Waals surface area (Å²) in [7, 11) is 3.29. The molecule has 1 aromatic carbocycles. The van der Waals surface area contributed by atoms with Gasteiger partial charge in [-0.05, 0) is 38.4 Å². The van der Waals surface area contributed by atoms with Crippen LogP contribution in [0.1, 0.15) is 45.4 Å². The van der Waals surface area contributed by atoms with Crippen molar-refractivity contribution >= 4 is 22.7 Å². The molecule has 1 aromatic heterocycles. The predicted octanol–water partition coefficient (Wildman–Crippen LogP) is 3.80. The molecule has 28 heavy (non-hydrogen) atoms. The van der Waals surface area contributed by atoms with E-state index in [-0.39, 0.29) is 0 Å². The molecule has 0 radical (unpaired) electrons. The number of nitrogens with one attached hydrogen (secondary N) is 3. The number of rotatable bonds is 10. The van der Waals surface area contributed by atoms with Crippen molar-refractivity contribution in [3.63, 3.8) is 0 Å². The molecule has 0 saturated carbocycles. The van der Waals surface area contributed by atoms with Crippen molar-refractivity contribution in [2.24, 2.45) is 0 Å². The van der Waals surface area contributed by atoms with Gasteiger partial charge in [0, 0.05) is 24.0 Å². The fourth-order valence-electron chi connectivity index (χ4n) is 3.56. The Morgan fingerprint density at radius 2 is 1.79 bits per heavy atom. The number of anilines is 2. The average Bonchev–Trinajstić information content (AvgIpc) is 2.73. The normalized spacial score (nSPS) is 14.8. The first kappa shape index (κ1) is 20.5. The molecule has 0 spiro atoms.